The fourth-order valence-corrected chi connectivity index (χ4v) is 2.82. The average Bonchev–Trinajstić information content (AvgIpc) is 2.39. The lowest BCUT2D eigenvalue weighted by molar-refractivity contribution is -0.139. The van der Waals surface area contributed by atoms with Crippen LogP contribution in [-0.4, -0.2) is 34.8 Å². The minimum absolute atomic E-state index is 0.00574. The SMILES string of the molecule is CCCC(C)(C)N1CCC(=O)NC(CC(C)C)C1=O. The van der Waals surface area contributed by atoms with Crippen molar-refractivity contribution in [1.82, 2.24) is 10.2 Å². The van der Waals surface area contributed by atoms with Crippen LogP contribution in [0.2, 0.25) is 0 Å². The molecule has 0 spiro atoms. The average molecular weight is 268 g/mol. The first-order valence-electron chi connectivity index (χ1n) is 7.38. The van der Waals surface area contributed by atoms with Crippen molar-refractivity contribution in [2.45, 2.75) is 71.9 Å². The van der Waals surface area contributed by atoms with Gasteiger partial charge in [0.1, 0.15) is 6.04 Å². The van der Waals surface area contributed by atoms with E-state index in [0.717, 1.165) is 12.8 Å². The van der Waals surface area contributed by atoms with E-state index in [1.54, 1.807) is 0 Å². The van der Waals surface area contributed by atoms with Gasteiger partial charge >= 0.3 is 0 Å². The van der Waals surface area contributed by atoms with Crippen LogP contribution in [0.3, 0.4) is 0 Å². The van der Waals surface area contributed by atoms with E-state index in [1.165, 1.54) is 0 Å². The first-order chi connectivity index (χ1) is 8.77. The van der Waals surface area contributed by atoms with Gasteiger partial charge in [0, 0.05) is 18.5 Å². The molecule has 110 valence electrons. The van der Waals surface area contributed by atoms with Crippen LogP contribution in [0, 0.1) is 5.92 Å². The van der Waals surface area contributed by atoms with E-state index in [1.807, 2.05) is 4.90 Å². The van der Waals surface area contributed by atoms with Gasteiger partial charge in [0.25, 0.3) is 0 Å². The number of rotatable bonds is 5. The second-order valence-electron chi connectivity index (χ2n) is 6.55. The van der Waals surface area contributed by atoms with Crippen LogP contribution in [0.4, 0.5) is 0 Å². The summed E-state index contributed by atoms with van der Waals surface area (Å²) in [5.41, 5.74) is -0.173. The molecule has 4 nitrogen and oxygen atoms in total. The molecule has 19 heavy (non-hydrogen) atoms. The zero-order valence-corrected chi connectivity index (χ0v) is 13.0. The van der Waals surface area contributed by atoms with Gasteiger partial charge in [0.05, 0.1) is 0 Å². The number of hydrogen-bond acceptors (Lipinski definition) is 2. The fraction of sp³-hybridized carbons (Fsp3) is 0.867. The van der Waals surface area contributed by atoms with Gasteiger partial charge < -0.3 is 10.2 Å². The Bertz CT molecular complexity index is 337. The maximum absolute atomic E-state index is 12.7. The summed E-state index contributed by atoms with van der Waals surface area (Å²) in [5.74, 6) is 0.468. The van der Waals surface area contributed by atoms with E-state index in [4.69, 9.17) is 0 Å². The zero-order valence-electron chi connectivity index (χ0n) is 13.0. The van der Waals surface area contributed by atoms with Gasteiger partial charge in [-0.2, -0.15) is 0 Å². The normalized spacial score (nSPS) is 21.6. The third kappa shape index (κ3) is 4.22. The van der Waals surface area contributed by atoms with Crippen molar-refractivity contribution in [3.63, 3.8) is 0 Å². The van der Waals surface area contributed by atoms with Crippen LogP contribution in [-0.2, 0) is 9.59 Å². The highest BCUT2D eigenvalue weighted by Crippen LogP contribution is 2.24. The smallest absolute Gasteiger partial charge is 0.245 e. The molecule has 1 atom stereocenters. The third-order valence-electron chi connectivity index (χ3n) is 3.76. The summed E-state index contributed by atoms with van der Waals surface area (Å²) >= 11 is 0. The van der Waals surface area contributed by atoms with E-state index in [2.05, 4.69) is 39.9 Å². The molecular weight excluding hydrogens is 240 g/mol. The van der Waals surface area contributed by atoms with Crippen LogP contribution in [0.25, 0.3) is 0 Å². The van der Waals surface area contributed by atoms with Gasteiger partial charge in [-0.25, -0.2) is 0 Å². The Labute approximate surface area is 116 Å². The summed E-state index contributed by atoms with van der Waals surface area (Å²) in [6.07, 6.45) is 3.12. The molecule has 0 radical (unpaired) electrons. The highest BCUT2D eigenvalue weighted by molar-refractivity contribution is 5.90. The zero-order chi connectivity index (χ0) is 14.6. The van der Waals surface area contributed by atoms with Crippen molar-refractivity contribution in [2.24, 2.45) is 5.92 Å². The lowest BCUT2D eigenvalue weighted by Crippen LogP contribution is -2.53. The number of carbonyl (C=O) groups excluding carboxylic acids is 2. The Hall–Kier alpha value is -1.06. The molecule has 0 aromatic heterocycles. The lowest BCUT2D eigenvalue weighted by Gasteiger charge is -2.39. The summed E-state index contributed by atoms with van der Waals surface area (Å²) in [6.45, 7) is 11.0. The summed E-state index contributed by atoms with van der Waals surface area (Å²) in [6, 6.07) is -0.355. The second kappa shape index (κ2) is 6.40. The van der Waals surface area contributed by atoms with Crippen molar-refractivity contribution in [3.05, 3.63) is 0 Å². The predicted molar refractivity (Wildman–Crippen MR) is 76.7 cm³/mol. The van der Waals surface area contributed by atoms with Crippen LogP contribution in [0.5, 0.6) is 0 Å². The van der Waals surface area contributed by atoms with Crippen molar-refractivity contribution in [2.75, 3.05) is 6.54 Å². The Morgan fingerprint density at radius 2 is 2.00 bits per heavy atom. The van der Waals surface area contributed by atoms with Gasteiger partial charge in [0.15, 0.2) is 0 Å². The van der Waals surface area contributed by atoms with E-state index in [9.17, 15) is 9.59 Å². The fourth-order valence-electron chi connectivity index (χ4n) is 2.82. The molecule has 1 saturated heterocycles. The standard InChI is InChI=1S/C15H28N2O2/c1-6-8-15(4,5)17-9-7-13(18)16-12(14(17)19)10-11(2)3/h11-12H,6-10H2,1-5H3,(H,16,18). The Kier molecular flexibility index (Phi) is 5.39. The van der Waals surface area contributed by atoms with Crippen LogP contribution < -0.4 is 5.32 Å². The van der Waals surface area contributed by atoms with Crippen molar-refractivity contribution >= 4 is 11.8 Å². The first kappa shape index (κ1) is 16.0. The Balaban J connectivity index is 2.92. The van der Waals surface area contributed by atoms with Crippen molar-refractivity contribution in [3.8, 4) is 0 Å². The topological polar surface area (TPSA) is 49.4 Å². The van der Waals surface area contributed by atoms with E-state index < -0.39 is 0 Å². The predicted octanol–water partition coefficient (Wildman–Crippen LogP) is 2.33. The number of nitrogens with one attached hydrogen (secondary N) is 1. The van der Waals surface area contributed by atoms with Gasteiger partial charge in [0.2, 0.25) is 11.8 Å². The van der Waals surface area contributed by atoms with Crippen LogP contribution in [0.15, 0.2) is 0 Å². The van der Waals surface area contributed by atoms with Gasteiger partial charge in [-0.15, -0.1) is 0 Å². The Morgan fingerprint density at radius 3 is 2.53 bits per heavy atom. The molecule has 1 aliphatic rings. The summed E-state index contributed by atoms with van der Waals surface area (Å²) in [7, 11) is 0. The summed E-state index contributed by atoms with van der Waals surface area (Å²) in [5, 5.41) is 2.87. The summed E-state index contributed by atoms with van der Waals surface area (Å²) < 4.78 is 0. The molecule has 1 N–H and O–H groups in total. The van der Waals surface area contributed by atoms with Gasteiger partial charge in [-0.05, 0) is 32.6 Å². The lowest BCUT2D eigenvalue weighted by atomic mass is 9.94. The first-order valence-corrected chi connectivity index (χ1v) is 7.38. The van der Waals surface area contributed by atoms with Gasteiger partial charge in [-0.1, -0.05) is 27.2 Å². The van der Waals surface area contributed by atoms with Gasteiger partial charge in [-0.3, -0.25) is 9.59 Å². The minimum atomic E-state index is -0.355. The molecular formula is C15H28N2O2. The number of hydrogen-bond donors (Lipinski definition) is 1. The molecule has 0 aliphatic carbocycles. The monoisotopic (exact) mass is 268 g/mol. The molecule has 1 fully saturated rings. The minimum Gasteiger partial charge on any atom is -0.344 e. The number of amides is 2. The van der Waals surface area contributed by atoms with Crippen LogP contribution in [0.1, 0.15) is 60.3 Å². The quantitative estimate of drug-likeness (QED) is 0.832. The van der Waals surface area contributed by atoms with Crippen LogP contribution >= 0.6 is 0 Å². The van der Waals surface area contributed by atoms with Crippen molar-refractivity contribution in [1.29, 1.82) is 0 Å². The van der Waals surface area contributed by atoms with Crippen molar-refractivity contribution < 1.29 is 9.59 Å². The number of nitrogens with zero attached hydrogens (tertiary/aromatic N) is 1. The molecule has 0 aromatic rings. The maximum atomic E-state index is 12.7. The molecule has 4 heteroatoms. The molecule has 2 amide bonds. The molecule has 0 aromatic carbocycles. The molecule has 1 aliphatic heterocycles. The van der Waals surface area contributed by atoms with E-state index in [-0.39, 0.29) is 23.4 Å². The van der Waals surface area contributed by atoms with E-state index in [0.29, 0.717) is 25.3 Å². The largest absolute Gasteiger partial charge is 0.344 e. The number of carbonyl (C=O) groups is 2. The summed E-state index contributed by atoms with van der Waals surface area (Å²) in [4.78, 5) is 26.3. The molecule has 0 bridgehead atoms. The third-order valence-corrected chi connectivity index (χ3v) is 3.76. The highest BCUT2D eigenvalue weighted by atomic mass is 16.2. The molecule has 1 heterocycles. The van der Waals surface area contributed by atoms with E-state index >= 15 is 0 Å². The highest BCUT2D eigenvalue weighted by Gasteiger charge is 2.37. The molecule has 1 rings (SSSR count). The Morgan fingerprint density at radius 1 is 1.37 bits per heavy atom. The molecule has 1 unspecified atom stereocenters. The molecule has 0 saturated carbocycles. The maximum Gasteiger partial charge on any atom is 0.245 e. The second-order valence-corrected chi connectivity index (χ2v) is 6.55.